The molecular weight excluding hydrogens is 266 g/mol. The Morgan fingerprint density at radius 2 is 2.14 bits per heavy atom. The number of hydrogen-bond donors (Lipinski definition) is 1. The van der Waals surface area contributed by atoms with Crippen LogP contribution < -0.4 is 4.74 Å². The van der Waals surface area contributed by atoms with Crippen molar-refractivity contribution in [2.24, 2.45) is 5.92 Å². The Bertz CT molecular complexity index is 467. The highest BCUT2D eigenvalue weighted by Crippen LogP contribution is 2.23. The smallest absolute Gasteiger partial charge is 0.306 e. The summed E-state index contributed by atoms with van der Waals surface area (Å²) in [7, 11) is 1.69. The summed E-state index contributed by atoms with van der Waals surface area (Å²) in [6.07, 6.45) is 3.61. The van der Waals surface area contributed by atoms with Gasteiger partial charge in [-0.15, -0.1) is 0 Å². The van der Waals surface area contributed by atoms with Gasteiger partial charge >= 0.3 is 5.97 Å². The number of carbonyl (C=O) groups is 1. The summed E-state index contributed by atoms with van der Waals surface area (Å²) >= 11 is 0. The van der Waals surface area contributed by atoms with Crippen molar-refractivity contribution in [3.63, 3.8) is 0 Å². The third-order valence-corrected chi connectivity index (χ3v) is 4.47. The summed E-state index contributed by atoms with van der Waals surface area (Å²) in [6.45, 7) is 3.98. The second-order valence-electron chi connectivity index (χ2n) is 5.77. The molecule has 1 aromatic rings. The average molecular weight is 291 g/mol. The Balaban J connectivity index is 1.95. The summed E-state index contributed by atoms with van der Waals surface area (Å²) in [6, 6.07) is 8.69. The summed E-state index contributed by atoms with van der Waals surface area (Å²) in [5.41, 5.74) is 1.28. The van der Waals surface area contributed by atoms with E-state index in [-0.39, 0.29) is 5.92 Å². The van der Waals surface area contributed by atoms with E-state index in [0.717, 1.165) is 44.5 Å². The van der Waals surface area contributed by atoms with Crippen LogP contribution in [-0.2, 0) is 11.2 Å². The highest BCUT2D eigenvalue weighted by atomic mass is 16.5. The molecule has 1 aromatic carbocycles. The number of ether oxygens (including phenoxy) is 1. The van der Waals surface area contributed by atoms with Gasteiger partial charge in [-0.1, -0.05) is 19.1 Å². The highest BCUT2D eigenvalue weighted by molar-refractivity contribution is 5.70. The molecule has 4 nitrogen and oxygen atoms in total. The van der Waals surface area contributed by atoms with E-state index >= 15 is 0 Å². The van der Waals surface area contributed by atoms with Gasteiger partial charge in [-0.3, -0.25) is 4.79 Å². The third kappa shape index (κ3) is 4.21. The molecule has 0 aromatic heterocycles. The van der Waals surface area contributed by atoms with Crippen LogP contribution in [0.3, 0.4) is 0 Å². The molecule has 1 atom stereocenters. The predicted octanol–water partition coefficient (Wildman–Crippen LogP) is 2.81. The zero-order valence-corrected chi connectivity index (χ0v) is 12.9. The number of rotatable bonds is 6. The first-order valence-corrected chi connectivity index (χ1v) is 7.73. The fourth-order valence-corrected chi connectivity index (χ4v) is 3.11. The summed E-state index contributed by atoms with van der Waals surface area (Å²) < 4.78 is 5.28. The molecule has 0 amide bonds. The number of aliphatic carboxylic acids is 1. The molecule has 0 spiro atoms. The lowest BCUT2D eigenvalue weighted by molar-refractivity contribution is -0.143. The number of hydrogen-bond acceptors (Lipinski definition) is 3. The molecule has 1 fully saturated rings. The number of methoxy groups -OCH3 is 1. The maximum Gasteiger partial charge on any atom is 0.306 e. The van der Waals surface area contributed by atoms with Gasteiger partial charge < -0.3 is 14.7 Å². The second kappa shape index (κ2) is 7.46. The first kappa shape index (κ1) is 15.8. The fraction of sp³-hybridized carbons (Fsp3) is 0.588. The van der Waals surface area contributed by atoms with Crippen molar-refractivity contribution in [2.45, 2.75) is 38.6 Å². The van der Waals surface area contributed by atoms with Crippen LogP contribution in [0, 0.1) is 5.92 Å². The summed E-state index contributed by atoms with van der Waals surface area (Å²) in [5, 5.41) is 9.08. The van der Waals surface area contributed by atoms with Gasteiger partial charge in [0.25, 0.3) is 0 Å². The van der Waals surface area contributed by atoms with Crippen LogP contribution in [0.2, 0.25) is 0 Å². The van der Waals surface area contributed by atoms with Crippen molar-refractivity contribution in [3.8, 4) is 5.75 Å². The number of likely N-dealkylation sites (tertiary alicyclic amines) is 1. The number of piperidine rings is 1. The Hall–Kier alpha value is -1.55. The number of carboxylic acid groups (broad SMARTS) is 1. The fourth-order valence-electron chi connectivity index (χ4n) is 3.11. The van der Waals surface area contributed by atoms with Crippen LogP contribution in [0.25, 0.3) is 0 Å². The van der Waals surface area contributed by atoms with Gasteiger partial charge in [-0.05, 0) is 56.5 Å². The van der Waals surface area contributed by atoms with Gasteiger partial charge in [0.2, 0.25) is 0 Å². The molecule has 1 saturated heterocycles. The van der Waals surface area contributed by atoms with E-state index < -0.39 is 5.97 Å². The summed E-state index contributed by atoms with van der Waals surface area (Å²) in [4.78, 5) is 13.5. The minimum Gasteiger partial charge on any atom is -0.497 e. The molecule has 1 N–H and O–H groups in total. The van der Waals surface area contributed by atoms with Crippen LogP contribution in [0.4, 0.5) is 0 Å². The molecule has 2 rings (SSSR count). The highest BCUT2D eigenvalue weighted by Gasteiger charge is 2.27. The van der Waals surface area contributed by atoms with Crippen LogP contribution in [0.15, 0.2) is 24.3 Å². The minimum atomic E-state index is -0.643. The van der Waals surface area contributed by atoms with E-state index in [1.165, 1.54) is 5.56 Å². The Morgan fingerprint density at radius 3 is 2.71 bits per heavy atom. The van der Waals surface area contributed by atoms with Crippen LogP contribution in [0.5, 0.6) is 5.75 Å². The van der Waals surface area contributed by atoms with Gasteiger partial charge in [-0.2, -0.15) is 0 Å². The number of carboxylic acids is 1. The molecule has 1 unspecified atom stereocenters. The number of nitrogens with zero attached hydrogens (tertiary/aromatic N) is 1. The van der Waals surface area contributed by atoms with Gasteiger partial charge in [0.05, 0.1) is 13.0 Å². The largest absolute Gasteiger partial charge is 0.497 e. The lowest BCUT2D eigenvalue weighted by Crippen LogP contribution is -2.43. The molecule has 0 radical (unpaired) electrons. The lowest BCUT2D eigenvalue weighted by Gasteiger charge is -2.36. The topological polar surface area (TPSA) is 49.8 Å². The van der Waals surface area contributed by atoms with Gasteiger partial charge in [-0.25, -0.2) is 0 Å². The molecule has 1 aliphatic rings. The molecule has 4 heteroatoms. The minimum absolute atomic E-state index is 0.157. The van der Waals surface area contributed by atoms with Crippen LogP contribution >= 0.6 is 0 Å². The molecule has 0 aliphatic carbocycles. The SMILES string of the molecule is CCC(Cc1cccc(OC)c1)N1CCC(C(=O)O)CC1. The van der Waals surface area contributed by atoms with Crippen LogP contribution in [-0.4, -0.2) is 42.2 Å². The van der Waals surface area contributed by atoms with Crippen molar-refractivity contribution < 1.29 is 14.6 Å². The van der Waals surface area contributed by atoms with E-state index in [1.54, 1.807) is 7.11 Å². The first-order valence-electron chi connectivity index (χ1n) is 7.73. The van der Waals surface area contributed by atoms with Crippen molar-refractivity contribution in [2.75, 3.05) is 20.2 Å². The van der Waals surface area contributed by atoms with Crippen molar-refractivity contribution in [1.82, 2.24) is 4.90 Å². The van der Waals surface area contributed by atoms with Gasteiger partial charge in [0.1, 0.15) is 5.75 Å². The molecule has 116 valence electrons. The monoisotopic (exact) mass is 291 g/mol. The Kier molecular flexibility index (Phi) is 5.62. The predicted molar refractivity (Wildman–Crippen MR) is 82.7 cm³/mol. The number of benzene rings is 1. The lowest BCUT2D eigenvalue weighted by atomic mass is 9.93. The first-order chi connectivity index (χ1) is 10.1. The Labute approximate surface area is 126 Å². The molecule has 1 aliphatic heterocycles. The zero-order valence-electron chi connectivity index (χ0n) is 12.9. The maximum atomic E-state index is 11.0. The van der Waals surface area contributed by atoms with E-state index in [9.17, 15) is 4.79 Å². The van der Waals surface area contributed by atoms with Crippen LogP contribution in [0.1, 0.15) is 31.7 Å². The zero-order chi connectivity index (χ0) is 15.2. The molecular formula is C17H25NO3. The standard InChI is InChI=1S/C17H25NO3/c1-3-15(11-13-5-4-6-16(12-13)21-2)18-9-7-14(8-10-18)17(19)20/h4-6,12,14-15H,3,7-11H2,1-2H3,(H,19,20). The molecule has 0 bridgehead atoms. The maximum absolute atomic E-state index is 11.0. The van der Waals surface area contributed by atoms with Crippen molar-refractivity contribution in [3.05, 3.63) is 29.8 Å². The molecule has 0 saturated carbocycles. The third-order valence-electron chi connectivity index (χ3n) is 4.47. The van der Waals surface area contributed by atoms with Gasteiger partial charge in [0.15, 0.2) is 0 Å². The van der Waals surface area contributed by atoms with E-state index in [4.69, 9.17) is 9.84 Å². The molecule has 1 heterocycles. The quantitative estimate of drug-likeness (QED) is 0.875. The van der Waals surface area contributed by atoms with Gasteiger partial charge in [0, 0.05) is 6.04 Å². The van der Waals surface area contributed by atoms with Crippen molar-refractivity contribution in [1.29, 1.82) is 0 Å². The normalized spacial score (nSPS) is 18.4. The van der Waals surface area contributed by atoms with E-state index in [1.807, 2.05) is 12.1 Å². The Morgan fingerprint density at radius 1 is 1.43 bits per heavy atom. The van der Waals surface area contributed by atoms with E-state index in [2.05, 4.69) is 24.0 Å². The molecule has 21 heavy (non-hydrogen) atoms. The second-order valence-corrected chi connectivity index (χ2v) is 5.77. The average Bonchev–Trinajstić information content (AvgIpc) is 2.53. The van der Waals surface area contributed by atoms with Crippen molar-refractivity contribution >= 4 is 5.97 Å². The van der Waals surface area contributed by atoms with E-state index in [0.29, 0.717) is 6.04 Å². The summed E-state index contributed by atoms with van der Waals surface area (Å²) in [5.74, 6) is 0.0954.